The minimum Gasteiger partial charge on any atom is -0.454 e. The summed E-state index contributed by atoms with van der Waals surface area (Å²) in [7, 11) is 0. The monoisotopic (exact) mass is 1080 g/mol. The number of hydrogen-bond donors (Lipinski definition) is 0. The van der Waals surface area contributed by atoms with Crippen LogP contribution in [0.25, 0.3) is 87.3 Å². The van der Waals surface area contributed by atoms with Crippen molar-refractivity contribution in [3.8, 4) is 11.1 Å². The molecule has 84 heavy (non-hydrogen) atoms. The van der Waals surface area contributed by atoms with E-state index in [1.807, 2.05) is 0 Å². The van der Waals surface area contributed by atoms with Crippen LogP contribution in [0, 0.1) is 0 Å². The molecule has 15 aromatic rings. The molecule has 0 atom stereocenters. The van der Waals surface area contributed by atoms with Crippen molar-refractivity contribution in [2.75, 3.05) is 9.80 Å². The Morgan fingerprint density at radius 3 is 1.37 bits per heavy atom. The second-order valence-electron chi connectivity index (χ2n) is 23.8. The first kappa shape index (κ1) is 48.5. The predicted octanol–water partition coefficient (Wildman–Crippen LogP) is 22.4. The minimum absolute atomic E-state index is 0.380. The van der Waals surface area contributed by atoms with Crippen molar-refractivity contribution in [2.24, 2.45) is 0 Å². The first-order valence-corrected chi connectivity index (χ1v) is 29.7. The van der Waals surface area contributed by atoms with E-state index in [1.165, 1.54) is 88.0 Å². The van der Waals surface area contributed by atoms with Crippen LogP contribution in [0.4, 0.5) is 34.1 Å². The zero-order valence-corrected chi connectivity index (χ0v) is 47.3. The van der Waals surface area contributed by atoms with Crippen LogP contribution in [0.3, 0.4) is 0 Å². The highest BCUT2D eigenvalue weighted by molar-refractivity contribution is 6.23. The van der Waals surface area contributed by atoms with E-state index in [1.54, 1.807) is 0 Å². The summed E-state index contributed by atoms with van der Waals surface area (Å²) >= 11 is 0. The van der Waals surface area contributed by atoms with E-state index in [0.29, 0.717) is 11.8 Å². The Morgan fingerprint density at radius 2 is 0.786 bits per heavy atom. The van der Waals surface area contributed by atoms with Crippen LogP contribution < -0.4 is 9.80 Å². The highest BCUT2D eigenvalue weighted by Crippen LogP contribution is 2.66. The van der Waals surface area contributed by atoms with E-state index in [0.717, 1.165) is 84.4 Å². The number of anilines is 6. The number of hydrogen-bond acceptors (Lipinski definition) is 4. The topological polar surface area (TPSA) is 32.8 Å². The summed E-state index contributed by atoms with van der Waals surface area (Å²) < 4.78 is 13.9. The van der Waals surface area contributed by atoms with Crippen molar-refractivity contribution in [3.05, 3.63) is 299 Å². The number of benzene rings is 13. The molecule has 2 aliphatic rings. The predicted molar refractivity (Wildman–Crippen MR) is 351 cm³/mol. The molecule has 400 valence electrons. The van der Waals surface area contributed by atoms with Crippen molar-refractivity contribution in [1.82, 2.24) is 0 Å². The fourth-order valence-electron chi connectivity index (χ4n) is 14.9. The lowest BCUT2D eigenvalue weighted by Crippen LogP contribution is -2.34. The molecule has 2 aliphatic carbocycles. The van der Waals surface area contributed by atoms with Crippen LogP contribution in [-0.4, -0.2) is 0 Å². The van der Waals surface area contributed by atoms with Gasteiger partial charge in [-0.3, -0.25) is 0 Å². The molecule has 17 rings (SSSR count). The minimum atomic E-state index is -0.716. The van der Waals surface area contributed by atoms with Crippen LogP contribution in [0.15, 0.2) is 264 Å². The standard InChI is InChI=1S/C80H58N2O2/c1-48(2)50-35-39-54(40-36-50)81(70-31-17-27-64-59-23-11-15-33-73(59)83-78(64)70)56-43-44-63-66(46-56)57-21-7-9-25-61(57)75-67-47-72(82(55-41-37-51(38-42-55)49(3)4)71-32-18-28-65-60-24-12-16-34-74(60)84-79(65)71)58-22-8-10-26-62(58)76(67)80(77(63)75)68-29-13-5-19-52(68)45-53-20-6-14-30-69(53)80/h5-44,46-49H,45H2,1-4H3. The molecule has 0 N–H and O–H groups in total. The summed E-state index contributed by atoms with van der Waals surface area (Å²) in [5.41, 5.74) is 22.1. The number of nitrogens with zero attached hydrogens (tertiary/aromatic N) is 2. The van der Waals surface area contributed by atoms with E-state index in [9.17, 15) is 0 Å². The molecule has 0 amide bonds. The van der Waals surface area contributed by atoms with Gasteiger partial charge in [0.1, 0.15) is 11.2 Å². The van der Waals surface area contributed by atoms with E-state index in [2.05, 4.69) is 292 Å². The van der Waals surface area contributed by atoms with Crippen molar-refractivity contribution in [1.29, 1.82) is 0 Å². The molecule has 4 nitrogen and oxygen atoms in total. The fraction of sp³-hybridized carbons (Fsp3) is 0.100. The molecule has 4 heteroatoms. The van der Waals surface area contributed by atoms with Gasteiger partial charge in [0.2, 0.25) is 0 Å². The Morgan fingerprint density at radius 1 is 0.333 bits per heavy atom. The van der Waals surface area contributed by atoms with E-state index < -0.39 is 5.41 Å². The summed E-state index contributed by atoms with van der Waals surface area (Å²) in [6.07, 6.45) is 0.851. The van der Waals surface area contributed by atoms with Crippen molar-refractivity contribution >= 4 is 110 Å². The molecule has 0 unspecified atom stereocenters. The largest absolute Gasteiger partial charge is 0.454 e. The quantitative estimate of drug-likeness (QED) is 0.142. The summed E-state index contributed by atoms with van der Waals surface area (Å²) in [5, 5.41) is 11.6. The Bertz CT molecular complexity index is 5150. The molecule has 0 saturated carbocycles. The number of para-hydroxylation sites is 4. The highest BCUT2D eigenvalue weighted by Gasteiger charge is 2.53. The number of fused-ring (bicyclic) bond motifs is 22. The first-order valence-electron chi connectivity index (χ1n) is 29.7. The second-order valence-corrected chi connectivity index (χ2v) is 23.8. The van der Waals surface area contributed by atoms with Crippen LogP contribution in [0.2, 0.25) is 0 Å². The zero-order valence-electron chi connectivity index (χ0n) is 47.3. The summed E-state index contributed by atoms with van der Waals surface area (Å²) in [6, 6.07) is 95.2. The summed E-state index contributed by atoms with van der Waals surface area (Å²) in [4.78, 5) is 4.89. The molecule has 0 fully saturated rings. The molecule has 13 aromatic carbocycles. The maximum absolute atomic E-state index is 6.99. The molecule has 0 radical (unpaired) electrons. The molecule has 1 spiro atoms. The third-order valence-corrected chi connectivity index (χ3v) is 18.7. The molecular weight excluding hydrogens is 1020 g/mol. The highest BCUT2D eigenvalue weighted by atomic mass is 16.3. The summed E-state index contributed by atoms with van der Waals surface area (Å²) in [6.45, 7) is 9.06. The SMILES string of the molecule is CC(C)c1ccc(N(c2ccc3c4c(c5ccccc5c3c2)-c2cc(N(c3ccc(C(C)C)cc3)c3cccc5c3oc3ccccc35)c3ccccc3c2C42c3ccccc3Cc3ccccc32)c2cccc3c2oc2ccccc23)cc1. The smallest absolute Gasteiger partial charge is 0.159 e. The van der Waals surface area contributed by atoms with Gasteiger partial charge in [-0.25, -0.2) is 0 Å². The zero-order chi connectivity index (χ0) is 55.9. The Kier molecular flexibility index (Phi) is 10.6. The molecule has 0 saturated heterocycles. The Labute approximate surface area is 488 Å². The fourth-order valence-corrected chi connectivity index (χ4v) is 14.9. The number of furan rings is 2. The number of rotatable bonds is 8. The lowest BCUT2D eigenvalue weighted by atomic mass is 9.60. The van der Waals surface area contributed by atoms with Crippen LogP contribution in [-0.2, 0) is 11.8 Å². The second kappa shape index (κ2) is 18.4. The van der Waals surface area contributed by atoms with Gasteiger partial charge in [0.25, 0.3) is 0 Å². The van der Waals surface area contributed by atoms with Crippen molar-refractivity contribution < 1.29 is 8.83 Å². The van der Waals surface area contributed by atoms with Gasteiger partial charge in [-0.1, -0.05) is 216 Å². The third kappa shape index (κ3) is 6.88. The van der Waals surface area contributed by atoms with E-state index in [-0.39, 0.29) is 0 Å². The van der Waals surface area contributed by atoms with Gasteiger partial charge in [0, 0.05) is 44.0 Å². The molecule has 0 bridgehead atoms. The van der Waals surface area contributed by atoms with Crippen LogP contribution in [0.1, 0.15) is 84.0 Å². The van der Waals surface area contributed by atoms with E-state index >= 15 is 0 Å². The van der Waals surface area contributed by atoms with Crippen molar-refractivity contribution in [3.63, 3.8) is 0 Å². The van der Waals surface area contributed by atoms with Gasteiger partial charge in [0.05, 0.1) is 22.5 Å². The van der Waals surface area contributed by atoms with Gasteiger partial charge in [-0.2, -0.15) is 0 Å². The Balaban J connectivity index is 1.00. The molecular formula is C80H58N2O2. The normalized spacial score (nSPS) is 13.3. The Hall–Kier alpha value is -10.2. The van der Waals surface area contributed by atoms with E-state index in [4.69, 9.17) is 8.83 Å². The molecule has 2 heterocycles. The first-order chi connectivity index (χ1) is 41.3. The lowest BCUT2D eigenvalue weighted by Gasteiger charge is -2.41. The van der Waals surface area contributed by atoms with Crippen LogP contribution in [0.5, 0.6) is 0 Å². The summed E-state index contributed by atoms with van der Waals surface area (Å²) in [5.74, 6) is 0.774. The lowest BCUT2D eigenvalue weighted by molar-refractivity contribution is 0.668. The van der Waals surface area contributed by atoms with Gasteiger partial charge in [-0.05, 0) is 168 Å². The third-order valence-electron chi connectivity index (χ3n) is 18.7. The van der Waals surface area contributed by atoms with Crippen LogP contribution >= 0.6 is 0 Å². The van der Waals surface area contributed by atoms with Gasteiger partial charge < -0.3 is 18.6 Å². The molecule has 0 aliphatic heterocycles. The van der Waals surface area contributed by atoms with Gasteiger partial charge in [-0.15, -0.1) is 0 Å². The average Bonchev–Trinajstić information content (AvgIpc) is 3.03. The van der Waals surface area contributed by atoms with Crippen molar-refractivity contribution in [2.45, 2.75) is 51.4 Å². The maximum atomic E-state index is 6.99. The maximum Gasteiger partial charge on any atom is 0.159 e. The van der Waals surface area contributed by atoms with Gasteiger partial charge >= 0.3 is 0 Å². The average molecular weight is 1080 g/mol. The van der Waals surface area contributed by atoms with Gasteiger partial charge in [0.15, 0.2) is 11.2 Å². The molecule has 2 aromatic heterocycles.